The number of nitrogens with one attached hydrogen (secondary N) is 1. The van der Waals surface area contributed by atoms with E-state index in [9.17, 15) is 8.78 Å². The van der Waals surface area contributed by atoms with E-state index < -0.39 is 5.92 Å². The lowest BCUT2D eigenvalue weighted by atomic mass is 9.81. The van der Waals surface area contributed by atoms with E-state index in [0.29, 0.717) is 12.3 Å². The first-order chi connectivity index (χ1) is 7.61. The number of alkyl halides is 2. The van der Waals surface area contributed by atoms with Crippen LogP contribution in [0.15, 0.2) is 18.2 Å². The van der Waals surface area contributed by atoms with E-state index in [1.807, 2.05) is 6.07 Å². The Bertz CT molecular complexity index is 360. The van der Waals surface area contributed by atoms with Gasteiger partial charge in [-0.3, -0.25) is 0 Å². The van der Waals surface area contributed by atoms with Crippen LogP contribution in [0.5, 0.6) is 5.75 Å². The van der Waals surface area contributed by atoms with E-state index in [1.54, 1.807) is 19.2 Å². The molecule has 0 heterocycles. The third-order valence-corrected chi connectivity index (χ3v) is 2.80. The van der Waals surface area contributed by atoms with Crippen molar-refractivity contribution in [2.45, 2.75) is 18.8 Å². The lowest BCUT2D eigenvalue weighted by molar-refractivity contribution is -0.106. The zero-order valence-corrected chi connectivity index (χ0v) is 9.09. The molecule has 0 spiro atoms. The summed E-state index contributed by atoms with van der Waals surface area (Å²) in [4.78, 5) is 0. The zero-order valence-electron chi connectivity index (χ0n) is 9.09. The normalized spacial score (nSPS) is 18.9. The van der Waals surface area contributed by atoms with Crippen LogP contribution in [0.3, 0.4) is 0 Å². The van der Waals surface area contributed by atoms with E-state index in [1.165, 1.54) is 0 Å². The number of benzene rings is 1. The molecule has 2 nitrogen and oxygen atoms in total. The molecule has 4 heteroatoms. The maximum absolute atomic E-state index is 12.6. The van der Waals surface area contributed by atoms with Gasteiger partial charge >= 0.3 is 0 Å². The second kappa shape index (κ2) is 4.28. The van der Waals surface area contributed by atoms with Gasteiger partial charge in [0, 0.05) is 19.4 Å². The minimum atomic E-state index is -2.44. The molecule has 1 radical (unpaired) electrons. The van der Waals surface area contributed by atoms with Crippen LogP contribution in [0, 0.1) is 12.0 Å². The van der Waals surface area contributed by atoms with Gasteiger partial charge in [-0.05, 0) is 24.1 Å². The Morgan fingerprint density at radius 2 is 2.31 bits per heavy atom. The first-order valence-electron chi connectivity index (χ1n) is 5.26. The Balaban J connectivity index is 1.86. The third kappa shape index (κ3) is 2.43. The molecule has 16 heavy (non-hydrogen) atoms. The summed E-state index contributed by atoms with van der Waals surface area (Å²) in [7, 11) is 1.58. The van der Waals surface area contributed by atoms with Crippen LogP contribution in [-0.2, 0) is 0 Å². The van der Waals surface area contributed by atoms with Crippen molar-refractivity contribution in [2.24, 2.45) is 5.92 Å². The standard InChI is InChI=1S/C12H14F2NO/c1-16-11-5-3-2-4-10(11)15-8-9-6-12(13,14)7-9/h2,4-5,9,15H,6-8H2,1H3. The fraction of sp³-hybridized carbons (Fsp3) is 0.500. The molecule has 1 aromatic rings. The zero-order chi connectivity index (χ0) is 11.6. The van der Waals surface area contributed by atoms with Gasteiger partial charge in [0.2, 0.25) is 5.92 Å². The van der Waals surface area contributed by atoms with E-state index >= 15 is 0 Å². The third-order valence-electron chi connectivity index (χ3n) is 2.80. The molecule has 1 aliphatic rings. The van der Waals surface area contributed by atoms with Crippen LogP contribution in [0.2, 0.25) is 0 Å². The molecule has 0 unspecified atom stereocenters. The molecular formula is C12H14F2NO. The highest BCUT2D eigenvalue weighted by molar-refractivity contribution is 5.55. The molecule has 0 aromatic heterocycles. The van der Waals surface area contributed by atoms with Crippen molar-refractivity contribution >= 4 is 5.69 Å². The summed E-state index contributed by atoms with van der Waals surface area (Å²) in [6.07, 6.45) is -0.0252. The topological polar surface area (TPSA) is 21.3 Å². The minimum Gasteiger partial charge on any atom is -0.495 e. The van der Waals surface area contributed by atoms with Crippen molar-refractivity contribution in [2.75, 3.05) is 19.0 Å². The first kappa shape index (κ1) is 11.2. The fourth-order valence-corrected chi connectivity index (χ4v) is 1.91. The van der Waals surface area contributed by atoms with E-state index in [2.05, 4.69) is 11.4 Å². The molecule has 0 amide bonds. The van der Waals surface area contributed by atoms with E-state index in [-0.39, 0.29) is 18.8 Å². The van der Waals surface area contributed by atoms with Crippen LogP contribution < -0.4 is 10.1 Å². The van der Waals surface area contributed by atoms with Crippen molar-refractivity contribution in [3.05, 3.63) is 24.3 Å². The summed E-state index contributed by atoms with van der Waals surface area (Å²) in [5.74, 6) is -1.70. The Kier molecular flexibility index (Phi) is 2.99. The maximum atomic E-state index is 12.6. The van der Waals surface area contributed by atoms with Crippen molar-refractivity contribution in [3.8, 4) is 5.75 Å². The Hall–Kier alpha value is -1.32. The predicted octanol–water partition coefficient (Wildman–Crippen LogP) is 2.95. The van der Waals surface area contributed by atoms with E-state index in [0.717, 1.165) is 5.69 Å². The van der Waals surface area contributed by atoms with Gasteiger partial charge in [-0.25, -0.2) is 8.78 Å². The summed E-state index contributed by atoms with van der Waals surface area (Å²) in [5.41, 5.74) is 0.830. The average molecular weight is 226 g/mol. The molecule has 0 aliphatic heterocycles. The van der Waals surface area contributed by atoms with Crippen molar-refractivity contribution < 1.29 is 13.5 Å². The molecule has 1 fully saturated rings. The molecule has 1 aromatic carbocycles. The highest BCUT2D eigenvalue weighted by Crippen LogP contribution is 2.42. The van der Waals surface area contributed by atoms with Gasteiger partial charge in [-0.1, -0.05) is 6.07 Å². The smallest absolute Gasteiger partial charge is 0.248 e. The Labute approximate surface area is 93.6 Å². The summed E-state index contributed by atoms with van der Waals surface area (Å²) in [6, 6.07) is 8.21. The quantitative estimate of drug-likeness (QED) is 0.852. The second-order valence-electron chi connectivity index (χ2n) is 4.14. The molecule has 0 saturated heterocycles. The van der Waals surface area contributed by atoms with Gasteiger partial charge < -0.3 is 10.1 Å². The molecule has 1 saturated carbocycles. The highest BCUT2D eigenvalue weighted by atomic mass is 19.3. The van der Waals surface area contributed by atoms with Crippen molar-refractivity contribution in [1.29, 1.82) is 0 Å². The number of hydrogen-bond donors (Lipinski definition) is 1. The van der Waals surface area contributed by atoms with Crippen molar-refractivity contribution in [1.82, 2.24) is 0 Å². The van der Waals surface area contributed by atoms with Crippen LogP contribution in [0.1, 0.15) is 12.8 Å². The van der Waals surface area contributed by atoms with Gasteiger partial charge in [0.25, 0.3) is 0 Å². The largest absolute Gasteiger partial charge is 0.495 e. The number of halogens is 2. The summed E-state index contributed by atoms with van der Waals surface area (Å²) in [5, 5.41) is 3.13. The number of ether oxygens (including phenoxy) is 1. The summed E-state index contributed by atoms with van der Waals surface area (Å²) >= 11 is 0. The molecule has 0 atom stereocenters. The van der Waals surface area contributed by atoms with Crippen LogP contribution in [0.4, 0.5) is 14.5 Å². The average Bonchev–Trinajstić information content (AvgIpc) is 2.23. The van der Waals surface area contributed by atoms with Gasteiger partial charge in [-0.15, -0.1) is 0 Å². The second-order valence-corrected chi connectivity index (χ2v) is 4.14. The first-order valence-corrected chi connectivity index (χ1v) is 5.26. The van der Waals surface area contributed by atoms with Crippen LogP contribution in [0.25, 0.3) is 0 Å². The van der Waals surface area contributed by atoms with Crippen molar-refractivity contribution in [3.63, 3.8) is 0 Å². The predicted molar refractivity (Wildman–Crippen MR) is 58.0 cm³/mol. The monoisotopic (exact) mass is 226 g/mol. The minimum absolute atomic E-state index is 0.0126. The number of anilines is 1. The highest BCUT2D eigenvalue weighted by Gasteiger charge is 2.44. The molecule has 0 bridgehead atoms. The Morgan fingerprint density at radius 1 is 1.56 bits per heavy atom. The lowest BCUT2D eigenvalue weighted by Gasteiger charge is -2.35. The lowest BCUT2D eigenvalue weighted by Crippen LogP contribution is -2.39. The molecule has 2 rings (SSSR count). The van der Waals surface area contributed by atoms with Gasteiger partial charge in [0.05, 0.1) is 12.8 Å². The number of rotatable bonds is 4. The molecular weight excluding hydrogens is 212 g/mol. The summed E-state index contributed by atoms with van der Waals surface area (Å²) < 4.78 is 30.3. The van der Waals surface area contributed by atoms with Gasteiger partial charge in [-0.2, -0.15) is 0 Å². The molecule has 1 N–H and O–H groups in total. The van der Waals surface area contributed by atoms with Gasteiger partial charge in [0.1, 0.15) is 5.75 Å². The molecule has 87 valence electrons. The number of hydrogen-bond acceptors (Lipinski definition) is 2. The van der Waals surface area contributed by atoms with Crippen LogP contribution in [-0.4, -0.2) is 19.6 Å². The summed E-state index contributed by atoms with van der Waals surface area (Å²) in [6.45, 7) is 0.565. The Morgan fingerprint density at radius 3 is 2.94 bits per heavy atom. The van der Waals surface area contributed by atoms with Crippen LogP contribution >= 0.6 is 0 Å². The SMILES string of the molecule is COc1c[c]ccc1NCC1CC(F)(F)C1. The number of methoxy groups -OCH3 is 1. The van der Waals surface area contributed by atoms with Gasteiger partial charge in [0.15, 0.2) is 0 Å². The molecule has 1 aliphatic carbocycles. The maximum Gasteiger partial charge on any atom is 0.248 e. The van der Waals surface area contributed by atoms with E-state index in [4.69, 9.17) is 4.74 Å². The fourth-order valence-electron chi connectivity index (χ4n) is 1.91.